The Bertz CT molecular complexity index is 438. The lowest BCUT2D eigenvalue weighted by molar-refractivity contribution is -0.169. The predicted octanol–water partition coefficient (Wildman–Crippen LogP) is -1.79. The molecule has 0 aromatic carbocycles. The van der Waals surface area contributed by atoms with Crippen LogP contribution in [0.25, 0.3) is 0 Å². The molecule has 2 heterocycles. The van der Waals surface area contributed by atoms with Crippen molar-refractivity contribution in [2.24, 2.45) is 5.73 Å². The van der Waals surface area contributed by atoms with Crippen molar-refractivity contribution in [1.82, 2.24) is 5.32 Å². The second-order valence-corrected chi connectivity index (χ2v) is 5.19. The number of primary amides is 1. The number of carbonyl (C=O) groups excluding carboxylic acids is 2. The van der Waals surface area contributed by atoms with Crippen LogP contribution in [0.2, 0.25) is 0 Å². The smallest absolute Gasteiger partial charge is 0.338 e. The molecule has 100 valence electrons. The third kappa shape index (κ3) is 1.20. The van der Waals surface area contributed by atoms with Gasteiger partial charge < -0.3 is 30.4 Å². The van der Waals surface area contributed by atoms with Crippen molar-refractivity contribution in [2.75, 3.05) is 0 Å². The molecule has 0 unspecified atom stereocenters. The van der Waals surface area contributed by atoms with Gasteiger partial charge in [0.2, 0.25) is 0 Å². The summed E-state index contributed by atoms with van der Waals surface area (Å²) in [7, 11) is 0. The van der Waals surface area contributed by atoms with Crippen LogP contribution in [-0.2, 0) is 19.0 Å². The first-order valence-electron chi connectivity index (χ1n) is 5.60. The van der Waals surface area contributed by atoms with Gasteiger partial charge in [-0.15, -0.1) is 0 Å². The van der Waals surface area contributed by atoms with Gasteiger partial charge in [-0.25, -0.2) is 9.59 Å². The Hall–Kier alpha value is -1.38. The molecule has 2 saturated heterocycles. The average molecular weight is 258 g/mol. The van der Waals surface area contributed by atoms with Crippen molar-refractivity contribution in [3.05, 3.63) is 0 Å². The summed E-state index contributed by atoms with van der Waals surface area (Å²) in [6.45, 7) is 3.36. The number of urea groups is 1. The number of ether oxygens (including phenoxy) is 3. The van der Waals surface area contributed by atoms with Crippen LogP contribution in [0.3, 0.4) is 0 Å². The lowest BCUT2D eigenvalue weighted by Gasteiger charge is -2.31. The SMILES string of the molecule is CC1(C)O[C@H]2[C@@H]3OC(=O)[C@@](NC(N)=O)([C@H]3O)[C@H]2O1. The monoisotopic (exact) mass is 258 g/mol. The molecule has 3 aliphatic rings. The molecule has 18 heavy (non-hydrogen) atoms. The van der Waals surface area contributed by atoms with Gasteiger partial charge in [-0.05, 0) is 13.8 Å². The highest BCUT2D eigenvalue weighted by Crippen LogP contribution is 2.49. The molecule has 3 fully saturated rings. The molecule has 3 rings (SSSR count). The first-order valence-corrected chi connectivity index (χ1v) is 5.60. The molecule has 0 aromatic heterocycles. The van der Waals surface area contributed by atoms with Gasteiger partial charge in [0.15, 0.2) is 17.4 Å². The molecular formula is C10H14N2O6. The summed E-state index contributed by atoms with van der Waals surface area (Å²) >= 11 is 0. The zero-order chi connectivity index (χ0) is 13.3. The van der Waals surface area contributed by atoms with Gasteiger partial charge in [0.1, 0.15) is 18.3 Å². The van der Waals surface area contributed by atoms with Crippen LogP contribution in [-0.4, -0.2) is 52.8 Å². The summed E-state index contributed by atoms with van der Waals surface area (Å²) in [4.78, 5) is 22.9. The number of carbonyl (C=O) groups is 2. The lowest BCUT2D eigenvalue weighted by atomic mass is 9.93. The fourth-order valence-corrected chi connectivity index (χ4v) is 2.98. The van der Waals surface area contributed by atoms with Crippen LogP contribution < -0.4 is 11.1 Å². The normalized spacial score (nSPS) is 47.8. The molecule has 2 amide bonds. The minimum atomic E-state index is -1.67. The van der Waals surface area contributed by atoms with E-state index >= 15 is 0 Å². The molecular weight excluding hydrogens is 244 g/mol. The van der Waals surface area contributed by atoms with E-state index in [0.717, 1.165) is 0 Å². The van der Waals surface area contributed by atoms with E-state index in [2.05, 4.69) is 5.32 Å². The van der Waals surface area contributed by atoms with E-state index in [1.165, 1.54) is 0 Å². The van der Waals surface area contributed by atoms with E-state index in [4.69, 9.17) is 19.9 Å². The zero-order valence-corrected chi connectivity index (χ0v) is 9.88. The summed E-state index contributed by atoms with van der Waals surface area (Å²) in [5.74, 6) is -1.66. The highest BCUT2D eigenvalue weighted by molar-refractivity contribution is 5.92. The van der Waals surface area contributed by atoms with Crippen molar-refractivity contribution >= 4 is 12.0 Å². The summed E-state index contributed by atoms with van der Waals surface area (Å²) in [5.41, 5.74) is 3.39. The van der Waals surface area contributed by atoms with Crippen molar-refractivity contribution in [3.8, 4) is 0 Å². The van der Waals surface area contributed by atoms with Crippen LogP contribution in [0.4, 0.5) is 4.79 Å². The molecule has 0 radical (unpaired) electrons. The second-order valence-electron chi connectivity index (χ2n) is 5.19. The Kier molecular flexibility index (Phi) is 2.04. The maximum Gasteiger partial charge on any atom is 0.338 e. The van der Waals surface area contributed by atoms with E-state index in [1.54, 1.807) is 13.8 Å². The quantitative estimate of drug-likeness (QED) is 0.478. The number of nitrogens with one attached hydrogen (secondary N) is 1. The fraction of sp³-hybridized carbons (Fsp3) is 0.800. The Balaban J connectivity index is 2.02. The maximum absolute atomic E-state index is 11.9. The van der Waals surface area contributed by atoms with E-state index in [0.29, 0.717) is 0 Å². The van der Waals surface area contributed by atoms with Gasteiger partial charge in [-0.3, -0.25) is 0 Å². The summed E-state index contributed by atoms with van der Waals surface area (Å²) in [6, 6.07) is -0.930. The molecule has 1 aliphatic carbocycles. The van der Waals surface area contributed by atoms with Crippen LogP contribution in [0.15, 0.2) is 0 Å². The van der Waals surface area contributed by atoms with Crippen molar-refractivity contribution in [3.63, 3.8) is 0 Å². The molecule has 4 N–H and O–H groups in total. The number of rotatable bonds is 1. The summed E-state index contributed by atoms with van der Waals surface area (Å²) in [5, 5.41) is 12.4. The van der Waals surface area contributed by atoms with Crippen molar-refractivity contribution < 1.29 is 28.9 Å². The van der Waals surface area contributed by atoms with Gasteiger partial charge >= 0.3 is 12.0 Å². The largest absolute Gasteiger partial charge is 0.455 e. The molecule has 8 nitrogen and oxygen atoms in total. The third-order valence-electron chi connectivity index (χ3n) is 3.59. The van der Waals surface area contributed by atoms with E-state index in [1.807, 2.05) is 0 Å². The lowest BCUT2D eigenvalue weighted by Crippen LogP contribution is -2.66. The van der Waals surface area contributed by atoms with Crippen molar-refractivity contribution in [2.45, 2.75) is 49.6 Å². The van der Waals surface area contributed by atoms with Gasteiger partial charge in [0, 0.05) is 0 Å². The van der Waals surface area contributed by atoms with Crippen LogP contribution in [0.1, 0.15) is 13.8 Å². The summed E-state index contributed by atoms with van der Waals surface area (Å²) in [6.07, 6.45) is -3.50. The topological polar surface area (TPSA) is 120 Å². The first kappa shape index (κ1) is 11.7. The molecule has 2 bridgehead atoms. The number of hydrogen-bond acceptors (Lipinski definition) is 6. The van der Waals surface area contributed by atoms with E-state index in [9.17, 15) is 14.7 Å². The highest BCUT2D eigenvalue weighted by Gasteiger charge is 2.77. The average Bonchev–Trinajstić information content (AvgIpc) is 2.72. The predicted molar refractivity (Wildman–Crippen MR) is 55.2 cm³/mol. The second kappa shape index (κ2) is 3.14. The molecule has 1 saturated carbocycles. The van der Waals surface area contributed by atoms with Gasteiger partial charge in [0.25, 0.3) is 0 Å². The van der Waals surface area contributed by atoms with Crippen LogP contribution >= 0.6 is 0 Å². The Morgan fingerprint density at radius 1 is 1.39 bits per heavy atom. The molecule has 0 aromatic rings. The first-order chi connectivity index (χ1) is 8.28. The number of aliphatic hydroxyl groups is 1. The standard InChI is InChI=1S/C10H14N2O6/c1-9(2)17-4-3-5(13)10(6(4)18-9,7(14)16-3)12-8(11)15/h3-6,13H,1-2H3,(H3,11,12,15)/t3-,4-,5-,6-,10+/m0/s1. The van der Waals surface area contributed by atoms with Gasteiger partial charge in [0.05, 0.1) is 0 Å². The fourth-order valence-electron chi connectivity index (χ4n) is 2.98. The minimum absolute atomic E-state index is 0.612. The number of aliphatic hydroxyl groups excluding tert-OH is 1. The number of hydrogen-bond donors (Lipinski definition) is 3. The molecule has 5 atom stereocenters. The number of amides is 2. The summed E-state index contributed by atoms with van der Waals surface area (Å²) < 4.78 is 16.2. The number of fused-ring (bicyclic) bond motifs is 5. The minimum Gasteiger partial charge on any atom is -0.455 e. The van der Waals surface area contributed by atoms with Crippen LogP contribution in [0.5, 0.6) is 0 Å². The number of esters is 1. The Morgan fingerprint density at radius 2 is 2.06 bits per heavy atom. The van der Waals surface area contributed by atoms with Gasteiger partial charge in [-0.1, -0.05) is 0 Å². The molecule has 8 heteroatoms. The highest BCUT2D eigenvalue weighted by atomic mass is 16.8. The van der Waals surface area contributed by atoms with Gasteiger partial charge in [-0.2, -0.15) is 0 Å². The van der Waals surface area contributed by atoms with E-state index in [-0.39, 0.29) is 0 Å². The third-order valence-corrected chi connectivity index (χ3v) is 3.59. The zero-order valence-electron chi connectivity index (χ0n) is 9.88. The number of nitrogens with two attached hydrogens (primary N) is 1. The maximum atomic E-state index is 11.9. The van der Waals surface area contributed by atoms with Crippen molar-refractivity contribution in [1.29, 1.82) is 0 Å². The Labute approximate surface area is 102 Å². The van der Waals surface area contributed by atoms with Crippen LogP contribution in [0, 0.1) is 0 Å². The molecule has 2 aliphatic heterocycles. The Morgan fingerprint density at radius 3 is 2.67 bits per heavy atom. The van der Waals surface area contributed by atoms with E-state index < -0.39 is 47.7 Å². The molecule has 0 spiro atoms.